The molecule has 2 aliphatic heterocycles. The van der Waals surface area contributed by atoms with Crippen LogP contribution in [0.2, 0.25) is 5.02 Å². The molecule has 1 unspecified atom stereocenters. The van der Waals surface area contributed by atoms with Crippen molar-refractivity contribution in [3.63, 3.8) is 0 Å². The number of amides is 1. The number of aromatic nitrogens is 3. The molecular weight excluding hydrogens is 460 g/mol. The number of rotatable bonds is 5. The number of primary amides is 1. The number of ether oxygens (including phenoxy) is 1. The number of halogens is 1. The van der Waals surface area contributed by atoms with E-state index in [-0.39, 0.29) is 23.6 Å². The molecule has 0 saturated carbocycles. The zero-order valence-electron chi connectivity index (χ0n) is 18.7. The van der Waals surface area contributed by atoms with Crippen molar-refractivity contribution in [1.82, 2.24) is 19.4 Å². The van der Waals surface area contributed by atoms with Crippen molar-refractivity contribution in [1.29, 1.82) is 0 Å². The molecule has 11 heteroatoms. The third-order valence-electron chi connectivity index (χ3n) is 6.72. The summed E-state index contributed by atoms with van der Waals surface area (Å²) in [5.74, 6) is -0.399. The molecule has 1 saturated heterocycles. The second-order valence-corrected chi connectivity index (χ2v) is 8.92. The molecule has 1 aromatic carbocycles. The van der Waals surface area contributed by atoms with Crippen LogP contribution in [0, 0.1) is 17.0 Å². The number of nitro groups is 1. The molecule has 1 amide bonds. The van der Waals surface area contributed by atoms with Gasteiger partial charge in [-0.3, -0.25) is 24.8 Å². The Morgan fingerprint density at radius 1 is 1.32 bits per heavy atom. The fourth-order valence-corrected chi connectivity index (χ4v) is 5.20. The Morgan fingerprint density at radius 3 is 2.74 bits per heavy atom. The Morgan fingerprint density at radius 2 is 2.09 bits per heavy atom. The van der Waals surface area contributed by atoms with Crippen LogP contribution in [0.1, 0.15) is 39.2 Å². The van der Waals surface area contributed by atoms with Crippen molar-refractivity contribution in [2.45, 2.75) is 25.4 Å². The Labute approximate surface area is 200 Å². The smallest absolute Gasteiger partial charge is 0.284 e. The molecule has 2 N–H and O–H groups in total. The van der Waals surface area contributed by atoms with Crippen molar-refractivity contribution in [2.75, 3.05) is 19.8 Å². The summed E-state index contributed by atoms with van der Waals surface area (Å²) in [5.41, 5.74) is 9.54. The highest BCUT2D eigenvalue weighted by Gasteiger charge is 2.41. The van der Waals surface area contributed by atoms with E-state index in [2.05, 4.69) is 14.9 Å². The number of imidazole rings is 1. The van der Waals surface area contributed by atoms with Gasteiger partial charge in [-0.25, -0.2) is 4.98 Å². The maximum absolute atomic E-state index is 12.0. The first-order valence-corrected chi connectivity index (χ1v) is 11.2. The maximum Gasteiger partial charge on any atom is 0.284 e. The summed E-state index contributed by atoms with van der Waals surface area (Å²) in [4.78, 5) is 34.5. The molecule has 3 aromatic rings. The average molecular weight is 483 g/mol. The van der Waals surface area contributed by atoms with Crippen LogP contribution in [0.3, 0.4) is 0 Å². The highest BCUT2D eigenvalue weighted by molar-refractivity contribution is 6.34. The van der Waals surface area contributed by atoms with Crippen LogP contribution in [-0.2, 0) is 18.2 Å². The number of fused-ring (bicyclic) bond motifs is 1. The maximum atomic E-state index is 12.0. The number of hydrogen-bond donors (Lipinski definition) is 1. The number of carbonyl (C=O) groups excluding carboxylic acids is 1. The first kappa shape index (κ1) is 22.5. The van der Waals surface area contributed by atoms with E-state index < -0.39 is 10.8 Å². The monoisotopic (exact) mass is 482 g/mol. The molecular formula is C23H23ClN6O4. The first-order valence-electron chi connectivity index (χ1n) is 10.9. The van der Waals surface area contributed by atoms with Gasteiger partial charge in [0.15, 0.2) is 5.82 Å². The van der Waals surface area contributed by atoms with Crippen LogP contribution >= 0.6 is 11.6 Å². The van der Waals surface area contributed by atoms with Gasteiger partial charge in [0.25, 0.3) is 11.6 Å². The van der Waals surface area contributed by atoms with E-state index in [0.29, 0.717) is 41.5 Å². The Kier molecular flexibility index (Phi) is 5.59. The van der Waals surface area contributed by atoms with Gasteiger partial charge in [-0.2, -0.15) is 0 Å². The molecule has 5 rings (SSSR count). The van der Waals surface area contributed by atoms with Crippen LogP contribution in [0.4, 0.5) is 5.69 Å². The van der Waals surface area contributed by atoms with Gasteiger partial charge in [-0.1, -0.05) is 23.7 Å². The third-order valence-corrected chi connectivity index (χ3v) is 7.12. The topological polar surface area (TPSA) is 129 Å². The summed E-state index contributed by atoms with van der Waals surface area (Å²) in [5, 5.41) is 11.9. The highest BCUT2D eigenvalue weighted by Crippen LogP contribution is 2.43. The second kappa shape index (κ2) is 8.46. The fourth-order valence-electron chi connectivity index (χ4n) is 4.88. The quantitative estimate of drug-likeness (QED) is 0.437. The molecule has 10 nitrogen and oxygen atoms in total. The minimum atomic E-state index is -0.595. The Bertz CT molecular complexity index is 1320. The number of benzene rings is 1. The van der Waals surface area contributed by atoms with Gasteiger partial charge >= 0.3 is 0 Å². The van der Waals surface area contributed by atoms with Crippen LogP contribution in [0.15, 0.2) is 30.5 Å². The number of nitrogens with zero attached hydrogens (tertiary/aromatic N) is 5. The number of nitro benzene ring substituents is 1. The Balaban J connectivity index is 1.69. The standard InChI is InChI=1S/C23H23ClN6O4/c1-12-14(4-3-5-16(12)30(32)33)19-18(24)15(6-8-26-19)21-20-17(28(2)23(27-20)22(25)31)7-9-29(21)13-10-34-11-13/h3-6,8,13,21H,7,9-11H2,1-2H3,(H2,25,31). The van der Waals surface area contributed by atoms with Crippen molar-refractivity contribution in [3.05, 3.63) is 73.9 Å². The molecule has 0 aliphatic carbocycles. The van der Waals surface area contributed by atoms with Crippen LogP contribution < -0.4 is 5.73 Å². The van der Waals surface area contributed by atoms with Crippen molar-refractivity contribution in [2.24, 2.45) is 12.8 Å². The summed E-state index contributed by atoms with van der Waals surface area (Å²) in [6.07, 6.45) is 2.36. The SMILES string of the molecule is Cc1c(-c2nccc(C3c4nc(C(N)=O)n(C)c4CCN3C3COC3)c2Cl)cccc1[N+](=O)[O-]. The molecule has 4 heterocycles. The molecule has 2 aliphatic rings. The number of nitrogens with two attached hydrogens (primary N) is 1. The van der Waals surface area contributed by atoms with E-state index in [4.69, 9.17) is 22.1 Å². The largest absolute Gasteiger partial charge is 0.378 e. The lowest BCUT2D eigenvalue weighted by Gasteiger charge is -2.44. The molecule has 0 bridgehead atoms. The van der Waals surface area contributed by atoms with E-state index in [0.717, 1.165) is 23.5 Å². The van der Waals surface area contributed by atoms with Gasteiger partial charge in [-0.05, 0) is 18.6 Å². The van der Waals surface area contributed by atoms with Crippen molar-refractivity contribution < 1.29 is 14.5 Å². The van der Waals surface area contributed by atoms with E-state index in [1.807, 2.05) is 6.07 Å². The van der Waals surface area contributed by atoms with Gasteiger partial charge in [0.05, 0.1) is 46.6 Å². The van der Waals surface area contributed by atoms with Crippen LogP contribution in [-0.4, -0.2) is 56.1 Å². The van der Waals surface area contributed by atoms with Gasteiger partial charge in [-0.15, -0.1) is 0 Å². The lowest BCUT2D eigenvalue weighted by Crippen LogP contribution is -2.53. The van der Waals surface area contributed by atoms with Gasteiger partial charge < -0.3 is 15.0 Å². The zero-order chi connectivity index (χ0) is 24.1. The first-order chi connectivity index (χ1) is 16.3. The fraction of sp³-hybridized carbons (Fsp3) is 0.348. The third kappa shape index (κ3) is 3.46. The number of carbonyl (C=O) groups is 1. The number of hydrogen-bond acceptors (Lipinski definition) is 7. The predicted molar refractivity (Wildman–Crippen MR) is 125 cm³/mol. The minimum absolute atomic E-state index is 0.00444. The molecule has 0 radical (unpaired) electrons. The molecule has 176 valence electrons. The molecule has 0 spiro atoms. The van der Waals surface area contributed by atoms with Gasteiger partial charge in [0.2, 0.25) is 0 Å². The summed E-state index contributed by atoms with van der Waals surface area (Å²) < 4.78 is 7.20. The predicted octanol–water partition coefficient (Wildman–Crippen LogP) is 2.80. The van der Waals surface area contributed by atoms with E-state index >= 15 is 0 Å². The van der Waals surface area contributed by atoms with Gasteiger partial charge in [0.1, 0.15) is 0 Å². The Hall–Kier alpha value is -3.34. The van der Waals surface area contributed by atoms with E-state index in [1.54, 1.807) is 36.9 Å². The zero-order valence-corrected chi connectivity index (χ0v) is 19.5. The molecule has 34 heavy (non-hydrogen) atoms. The lowest BCUT2D eigenvalue weighted by molar-refractivity contribution is -0.385. The molecule has 2 aromatic heterocycles. The second-order valence-electron chi connectivity index (χ2n) is 8.54. The summed E-state index contributed by atoms with van der Waals surface area (Å²) >= 11 is 6.97. The summed E-state index contributed by atoms with van der Waals surface area (Å²) in [6, 6.07) is 6.54. The van der Waals surface area contributed by atoms with Crippen molar-refractivity contribution >= 4 is 23.2 Å². The summed E-state index contributed by atoms with van der Waals surface area (Å²) in [6.45, 7) is 3.61. The summed E-state index contributed by atoms with van der Waals surface area (Å²) in [7, 11) is 1.79. The normalized spacial score (nSPS) is 18.4. The molecule has 1 fully saturated rings. The van der Waals surface area contributed by atoms with E-state index in [1.165, 1.54) is 6.07 Å². The van der Waals surface area contributed by atoms with Gasteiger partial charge in [0, 0.05) is 49.1 Å². The van der Waals surface area contributed by atoms with Crippen molar-refractivity contribution in [3.8, 4) is 11.3 Å². The molecule has 1 atom stereocenters. The van der Waals surface area contributed by atoms with Crippen LogP contribution in [0.25, 0.3) is 11.3 Å². The highest BCUT2D eigenvalue weighted by atomic mass is 35.5. The average Bonchev–Trinajstić information content (AvgIpc) is 3.10. The lowest BCUT2D eigenvalue weighted by atomic mass is 9.92. The minimum Gasteiger partial charge on any atom is -0.378 e. The van der Waals surface area contributed by atoms with Crippen LogP contribution in [0.5, 0.6) is 0 Å². The number of pyridine rings is 1. The van der Waals surface area contributed by atoms with E-state index in [9.17, 15) is 14.9 Å².